The van der Waals surface area contributed by atoms with Crippen molar-refractivity contribution in [1.82, 2.24) is 10.2 Å². The van der Waals surface area contributed by atoms with Crippen LogP contribution in [0.25, 0.3) is 11.5 Å². The van der Waals surface area contributed by atoms with Gasteiger partial charge in [-0.05, 0) is 49.8 Å². The molecule has 1 aliphatic rings. The summed E-state index contributed by atoms with van der Waals surface area (Å²) in [5.74, 6) is 0.800. The fourth-order valence-corrected chi connectivity index (χ4v) is 3.25. The molecule has 1 N–H and O–H groups in total. The Morgan fingerprint density at radius 2 is 2.08 bits per heavy atom. The van der Waals surface area contributed by atoms with Crippen molar-refractivity contribution in [3.8, 4) is 11.5 Å². The number of rotatable bonds is 4. The molecule has 5 nitrogen and oxygen atoms in total. The molecule has 2 aromatic rings. The Bertz CT molecular complexity index is 787. The molecule has 0 aliphatic heterocycles. The van der Waals surface area contributed by atoms with E-state index in [0.717, 1.165) is 16.8 Å². The number of nitrogens with zero attached hydrogens (tertiary/aromatic N) is 2. The molecule has 1 aromatic heterocycles. The van der Waals surface area contributed by atoms with Crippen LogP contribution in [-0.4, -0.2) is 16.1 Å². The van der Waals surface area contributed by atoms with Gasteiger partial charge in [-0.1, -0.05) is 31.6 Å². The minimum absolute atomic E-state index is 0.000640. The summed E-state index contributed by atoms with van der Waals surface area (Å²) in [6, 6.07) is 5.73. The third-order valence-corrected chi connectivity index (χ3v) is 4.81. The fraction of sp³-hybridized carbons (Fsp3) is 0.421. The SMILES string of the molecule is CC(C)=C[C@H]1[C@@H](C(=O)Nc2cc(-c3nnco3)ccc2C)C1(C)C. The minimum atomic E-state index is -0.00106. The number of hydrogen-bond donors (Lipinski definition) is 1. The number of benzene rings is 1. The third kappa shape index (κ3) is 2.98. The van der Waals surface area contributed by atoms with E-state index in [1.54, 1.807) is 0 Å². The van der Waals surface area contributed by atoms with Crippen LogP contribution >= 0.6 is 0 Å². The van der Waals surface area contributed by atoms with Gasteiger partial charge in [0.25, 0.3) is 0 Å². The summed E-state index contributed by atoms with van der Waals surface area (Å²) < 4.78 is 5.23. The number of nitrogens with one attached hydrogen (secondary N) is 1. The number of aryl methyl sites for hydroxylation is 1. The number of carbonyl (C=O) groups is 1. The van der Waals surface area contributed by atoms with Crippen LogP contribution < -0.4 is 5.32 Å². The number of aromatic nitrogens is 2. The number of carbonyl (C=O) groups excluding carboxylic acids is 1. The molecular weight excluding hydrogens is 302 g/mol. The predicted octanol–water partition coefficient (Wildman–Crippen LogP) is 4.22. The van der Waals surface area contributed by atoms with Crippen molar-refractivity contribution in [3.05, 3.63) is 41.8 Å². The van der Waals surface area contributed by atoms with Crippen LogP contribution in [0.4, 0.5) is 5.69 Å². The van der Waals surface area contributed by atoms with E-state index in [2.05, 4.69) is 49.3 Å². The molecule has 0 radical (unpaired) electrons. The Morgan fingerprint density at radius 1 is 1.33 bits per heavy atom. The van der Waals surface area contributed by atoms with Crippen molar-refractivity contribution in [2.24, 2.45) is 17.3 Å². The maximum Gasteiger partial charge on any atom is 0.247 e. The average Bonchev–Trinajstić information content (AvgIpc) is 2.90. The number of hydrogen-bond acceptors (Lipinski definition) is 4. The number of amides is 1. The smallest absolute Gasteiger partial charge is 0.247 e. The monoisotopic (exact) mass is 325 g/mol. The van der Waals surface area contributed by atoms with Gasteiger partial charge in [-0.15, -0.1) is 10.2 Å². The Hall–Kier alpha value is -2.43. The predicted molar refractivity (Wildman–Crippen MR) is 93.3 cm³/mol. The van der Waals surface area contributed by atoms with Gasteiger partial charge >= 0.3 is 0 Å². The van der Waals surface area contributed by atoms with Crippen LogP contribution in [0, 0.1) is 24.2 Å². The maximum absolute atomic E-state index is 12.7. The highest BCUT2D eigenvalue weighted by molar-refractivity contribution is 5.96. The molecule has 0 unspecified atom stereocenters. The molecule has 0 spiro atoms. The molecule has 1 saturated carbocycles. The number of anilines is 1. The first kappa shape index (κ1) is 16.4. The zero-order valence-electron chi connectivity index (χ0n) is 14.8. The molecule has 0 saturated heterocycles. The molecule has 1 fully saturated rings. The summed E-state index contributed by atoms with van der Waals surface area (Å²) in [5.41, 5.74) is 3.83. The standard InChI is InChI=1S/C19H23N3O2/c1-11(2)8-14-16(19(14,4)5)17(23)21-15-9-13(7-6-12(15)3)18-22-20-10-24-18/h6-10,14,16H,1-5H3,(H,21,23)/t14-,16-/m0/s1. The lowest BCUT2D eigenvalue weighted by atomic mass is 10.1. The third-order valence-electron chi connectivity index (χ3n) is 4.81. The van der Waals surface area contributed by atoms with Gasteiger partial charge in [-0.2, -0.15) is 0 Å². The van der Waals surface area contributed by atoms with Crippen LogP contribution in [0.5, 0.6) is 0 Å². The highest BCUT2D eigenvalue weighted by Gasteiger charge is 2.60. The zero-order chi connectivity index (χ0) is 17.5. The van der Waals surface area contributed by atoms with E-state index >= 15 is 0 Å². The van der Waals surface area contributed by atoms with Gasteiger partial charge in [0, 0.05) is 11.3 Å². The van der Waals surface area contributed by atoms with E-state index in [1.807, 2.05) is 25.1 Å². The normalized spacial score (nSPS) is 21.2. The highest BCUT2D eigenvalue weighted by Crippen LogP contribution is 2.59. The van der Waals surface area contributed by atoms with Crippen molar-refractivity contribution in [2.75, 3.05) is 5.32 Å². The molecule has 0 bridgehead atoms. The molecule has 126 valence electrons. The quantitative estimate of drug-likeness (QED) is 0.855. The molecule has 1 aromatic carbocycles. The van der Waals surface area contributed by atoms with E-state index in [0.29, 0.717) is 11.8 Å². The molecular formula is C19H23N3O2. The van der Waals surface area contributed by atoms with Gasteiger partial charge in [0.15, 0.2) is 0 Å². The van der Waals surface area contributed by atoms with Crippen LogP contribution in [0.3, 0.4) is 0 Å². The maximum atomic E-state index is 12.7. The fourth-order valence-electron chi connectivity index (χ4n) is 3.25. The van der Waals surface area contributed by atoms with Gasteiger partial charge in [-0.25, -0.2) is 0 Å². The number of allylic oxidation sites excluding steroid dienone is 2. The molecule has 5 heteroatoms. The van der Waals surface area contributed by atoms with Crippen LogP contribution in [0.15, 0.2) is 40.7 Å². The van der Waals surface area contributed by atoms with Crippen LogP contribution in [0.1, 0.15) is 33.3 Å². The van der Waals surface area contributed by atoms with E-state index in [1.165, 1.54) is 12.0 Å². The van der Waals surface area contributed by atoms with Crippen molar-refractivity contribution < 1.29 is 9.21 Å². The Labute approximate surface area is 142 Å². The Morgan fingerprint density at radius 3 is 2.71 bits per heavy atom. The molecule has 3 rings (SSSR count). The van der Waals surface area contributed by atoms with E-state index in [4.69, 9.17) is 4.42 Å². The molecule has 1 amide bonds. The Balaban J connectivity index is 1.80. The largest absolute Gasteiger partial charge is 0.423 e. The summed E-state index contributed by atoms with van der Waals surface area (Å²) in [6.07, 6.45) is 3.50. The van der Waals surface area contributed by atoms with E-state index in [9.17, 15) is 4.79 Å². The lowest BCUT2D eigenvalue weighted by molar-refractivity contribution is -0.118. The van der Waals surface area contributed by atoms with Crippen molar-refractivity contribution in [2.45, 2.75) is 34.6 Å². The van der Waals surface area contributed by atoms with Crippen molar-refractivity contribution in [1.29, 1.82) is 0 Å². The van der Waals surface area contributed by atoms with E-state index in [-0.39, 0.29) is 17.2 Å². The summed E-state index contributed by atoms with van der Waals surface area (Å²) in [6.45, 7) is 10.4. The first-order valence-corrected chi connectivity index (χ1v) is 8.14. The second kappa shape index (κ2) is 5.89. The summed E-state index contributed by atoms with van der Waals surface area (Å²) in [7, 11) is 0. The van der Waals surface area contributed by atoms with Crippen molar-refractivity contribution >= 4 is 11.6 Å². The zero-order valence-corrected chi connectivity index (χ0v) is 14.8. The Kier molecular flexibility index (Phi) is 4.03. The molecule has 2 atom stereocenters. The topological polar surface area (TPSA) is 68.0 Å². The van der Waals surface area contributed by atoms with E-state index < -0.39 is 0 Å². The summed E-state index contributed by atoms with van der Waals surface area (Å²) >= 11 is 0. The van der Waals surface area contributed by atoms with Crippen LogP contribution in [-0.2, 0) is 4.79 Å². The minimum Gasteiger partial charge on any atom is -0.423 e. The molecule has 24 heavy (non-hydrogen) atoms. The molecule has 1 aliphatic carbocycles. The van der Waals surface area contributed by atoms with Gasteiger partial charge in [0.05, 0.1) is 5.92 Å². The van der Waals surface area contributed by atoms with Gasteiger partial charge in [0.2, 0.25) is 18.2 Å². The first-order chi connectivity index (χ1) is 11.3. The summed E-state index contributed by atoms with van der Waals surface area (Å²) in [4.78, 5) is 12.7. The first-order valence-electron chi connectivity index (χ1n) is 8.14. The lowest BCUT2D eigenvalue weighted by Crippen LogP contribution is -2.17. The van der Waals surface area contributed by atoms with Crippen molar-refractivity contribution in [3.63, 3.8) is 0 Å². The highest BCUT2D eigenvalue weighted by atomic mass is 16.4. The summed E-state index contributed by atoms with van der Waals surface area (Å²) in [5, 5.41) is 10.7. The van der Waals surface area contributed by atoms with Gasteiger partial charge in [0.1, 0.15) is 0 Å². The second-order valence-corrected chi connectivity index (χ2v) is 7.33. The average molecular weight is 325 g/mol. The van der Waals surface area contributed by atoms with Crippen LogP contribution in [0.2, 0.25) is 0 Å². The second-order valence-electron chi connectivity index (χ2n) is 7.33. The van der Waals surface area contributed by atoms with Gasteiger partial charge in [-0.3, -0.25) is 4.79 Å². The molecule has 1 heterocycles. The lowest BCUT2D eigenvalue weighted by Gasteiger charge is -2.10. The van der Waals surface area contributed by atoms with Gasteiger partial charge < -0.3 is 9.73 Å².